The normalized spacial score (nSPS) is 15.4. The zero-order valence-corrected chi connectivity index (χ0v) is 16.8. The van der Waals surface area contributed by atoms with E-state index in [1.165, 1.54) is 18.2 Å². The molecule has 0 bridgehead atoms. The van der Waals surface area contributed by atoms with E-state index in [4.69, 9.17) is 9.40 Å². The molecule has 0 unspecified atom stereocenters. The molecule has 2 heterocycles. The summed E-state index contributed by atoms with van der Waals surface area (Å²) in [7, 11) is 0. The van der Waals surface area contributed by atoms with Crippen LogP contribution in [-0.2, 0) is 4.79 Å². The number of amides is 1. The molecule has 144 valence electrons. The molecule has 1 saturated heterocycles. The van der Waals surface area contributed by atoms with Crippen molar-refractivity contribution in [2.45, 2.75) is 36.7 Å². The summed E-state index contributed by atoms with van der Waals surface area (Å²) in [6.45, 7) is 3.66. The molecule has 4 nitrogen and oxygen atoms in total. The fraction of sp³-hybridized carbons (Fsp3) is 0.304. The Kier molecular flexibility index (Phi) is 5.81. The number of nitrogens with zero attached hydrogens (tertiary/aromatic N) is 2. The van der Waals surface area contributed by atoms with Crippen molar-refractivity contribution < 1.29 is 9.21 Å². The number of piperidine rings is 1. The smallest absolute Gasteiger partial charge is 0.257 e. The van der Waals surface area contributed by atoms with E-state index in [0.29, 0.717) is 5.22 Å². The molecule has 1 aliphatic heterocycles. The largest absolute Gasteiger partial charge is 0.431 e. The first-order chi connectivity index (χ1) is 13.7. The summed E-state index contributed by atoms with van der Waals surface area (Å²) >= 11 is 1.40. The van der Waals surface area contributed by atoms with Gasteiger partial charge in [-0.25, -0.2) is 4.98 Å². The van der Waals surface area contributed by atoms with Gasteiger partial charge in [-0.2, -0.15) is 0 Å². The minimum absolute atomic E-state index is 0.172. The zero-order valence-electron chi connectivity index (χ0n) is 16.0. The van der Waals surface area contributed by atoms with Gasteiger partial charge in [0.2, 0.25) is 5.91 Å². The number of carbonyl (C=O) groups excluding carboxylic acids is 1. The maximum absolute atomic E-state index is 12.8. The van der Waals surface area contributed by atoms with Gasteiger partial charge in [-0.05, 0) is 26.2 Å². The molecule has 1 aromatic heterocycles. The molecule has 5 heteroatoms. The molecule has 1 amide bonds. The van der Waals surface area contributed by atoms with E-state index in [0.717, 1.165) is 48.5 Å². The van der Waals surface area contributed by atoms with Crippen LogP contribution in [0.5, 0.6) is 0 Å². The Morgan fingerprint density at radius 1 is 0.964 bits per heavy atom. The average Bonchev–Trinajstić information content (AvgIpc) is 3.19. The van der Waals surface area contributed by atoms with Crippen molar-refractivity contribution in [2.24, 2.45) is 0 Å². The third-order valence-electron chi connectivity index (χ3n) is 4.98. The molecular weight excluding hydrogens is 368 g/mol. The van der Waals surface area contributed by atoms with Crippen molar-refractivity contribution in [1.29, 1.82) is 0 Å². The fourth-order valence-electron chi connectivity index (χ4n) is 3.50. The summed E-state index contributed by atoms with van der Waals surface area (Å²) < 4.78 is 6.14. The number of likely N-dealkylation sites (tertiary alicyclic amines) is 1. The van der Waals surface area contributed by atoms with Crippen LogP contribution in [-0.4, -0.2) is 34.1 Å². The van der Waals surface area contributed by atoms with Crippen molar-refractivity contribution >= 4 is 17.7 Å². The van der Waals surface area contributed by atoms with Gasteiger partial charge in [-0.1, -0.05) is 72.4 Å². The first kappa shape index (κ1) is 18.8. The van der Waals surface area contributed by atoms with Crippen LogP contribution in [0.25, 0.3) is 22.6 Å². The first-order valence-electron chi connectivity index (χ1n) is 9.79. The van der Waals surface area contributed by atoms with Crippen LogP contribution in [0.4, 0.5) is 0 Å². The molecule has 3 aromatic rings. The van der Waals surface area contributed by atoms with E-state index >= 15 is 0 Å². The molecule has 0 spiro atoms. The van der Waals surface area contributed by atoms with Gasteiger partial charge in [0.15, 0.2) is 5.76 Å². The van der Waals surface area contributed by atoms with E-state index in [9.17, 15) is 4.79 Å². The number of hydrogen-bond donors (Lipinski definition) is 0. The number of carbonyl (C=O) groups is 1. The maximum Gasteiger partial charge on any atom is 0.257 e. The lowest BCUT2D eigenvalue weighted by Crippen LogP contribution is -2.40. The predicted molar refractivity (Wildman–Crippen MR) is 113 cm³/mol. The summed E-state index contributed by atoms with van der Waals surface area (Å²) in [6, 6.07) is 20.0. The van der Waals surface area contributed by atoms with E-state index in [1.54, 1.807) is 0 Å². The molecule has 1 fully saturated rings. The van der Waals surface area contributed by atoms with Crippen LogP contribution >= 0.6 is 11.8 Å². The second-order valence-corrected chi connectivity index (χ2v) is 8.33. The molecular formula is C23H24N2O2S. The Labute approximate surface area is 170 Å². The Balaban J connectivity index is 1.61. The number of benzene rings is 2. The Hall–Kier alpha value is -2.53. The highest BCUT2D eigenvalue weighted by Gasteiger charge is 2.26. The molecule has 0 radical (unpaired) electrons. The fourth-order valence-corrected chi connectivity index (χ4v) is 4.33. The Morgan fingerprint density at radius 3 is 2.21 bits per heavy atom. The summed E-state index contributed by atoms with van der Waals surface area (Å²) in [5.74, 6) is 0.914. The van der Waals surface area contributed by atoms with E-state index in [-0.39, 0.29) is 11.2 Å². The summed E-state index contributed by atoms with van der Waals surface area (Å²) in [5, 5.41) is 0.319. The minimum Gasteiger partial charge on any atom is -0.431 e. The zero-order chi connectivity index (χ0) is 19.3. The molecule has 1 aliphatic rings. The van der Waals surface area contributed by atoms with Crippen LogP contribution in [0.3, 0.4) is 0 Å². The van der Waals surface area contributed by atoms with Crippen molar-refractivity contribution in [3.63, 3.8) is 0 Å². The lowest BCUT2D eigenvalue weighted by Gasteiger charge is -2.28. The number of thioether (sulfide) groups is 1. The van der Waals surface area contributed by atoms with Gasteiger partial charge < -0.3 is 9.32 Å². The molecule has 0 saturated carbocycles. The van der Waals surface area contributed by atoms with E-state index < -0.39 is 0 Å². The average molecular weight is 393 g/mol. The predicted octanol–water partition coefficient (Wildman–Crippen LogP) is 5.50. The highest BCUT2D eigenvalue weighted by atomic mass is 32.2. The second kappa shape index (κ2) is 8.65. The number of aromatic nitrogens is 1. The highest BCUT2D eigenvalue weighted by molar-refractivity contribution is 8.00. The second-order valence-electron chi connectivity index (χ2n) is 7.04. The van der Waals surface area contributed by atoms with Crippen LogP contribution in [0.2, 0.25) is 0 Å². The lowest BCUT2D eigenvalue weighted by atomic mass is 10.1. The van der Waals surface area contributed by atoms with Gasteiger partial charge in [-0.3, -0.25) is 4.79 Å². The van der Waals surface area contributed by atoms with Gasteiger partial charge in [0.05, 0.1) is 5.25 Å². The van der Waals surface area contributed by atoms with Crippen LogP contribution in [0.1, 0.15) is 26.2 Å². The Bertz CT molecular complexity index is 861. The maximum atomic E-state index is 12.8. The van der Waals surface area contributed by atoms with E-state index in [1.807, 2.05) is 72.5 Å². The van der Waals surface area contributed by atoms with Gasteiger partial charge in [-0.15, -0.1) is 0 Å². The summed E-state index contributed by atoms with van der Waals surface area (Å²) in [4.78, 5) is 19.5. The van der Waals surface area contributed by atoms with Crippen LogP contribution in [0, 0.1) is 0 Å². The highest BCUT2D eigenvalue weighted by Crippen LogP contribution is 2.37. The lowest BCUT2D eigenvalue weighted by molar-refractivity contribution is -0.131. The molecule has 0 N–H and O–H groups in total. The van der Waals surface area contributed by atoms with E-state index in [2.05, 4.69) is 0 Å². The quantitative estimate of drug-likeness (QED) is 0.538. The van der Waals surface area contributed by atoms with Crippen molar-refractivity contribution in [1.82, 2.24) is 9.88 Å². The van der Waals surface area contributed by atoms with Gasteiger partial charge >= 0.3 is 0 Å². The monoisotopic (exact) mass is 392 g/mol. The van der Waals surface area contributed by atoms with Gasteiger partial charge in [0.25, 0.3) is 5.22 Å². The molecule has 1 atom stereocenters. The third-order valence-corrected chi connectivity index (χ3v) is 5.92. The molecule has 0 aliphatic carbocycles. The van der Waals surface area contributed by atoms with Gasteiger partial charge in [0.1, 0.15) is 5.69 Å². The van der Waals surface area contributed by atoms with Crippen molar-refractivity contribution in [2.75, 3.05) is 13.1 Å². The minimum atomic E-state index is -0.219. The summed E-state index contributed by atoms with van der Waals surface area (Å²) in [5.41, 5.74) is 2.80. The summed E-state index contributed by atoms with van der Waals surface area (Å²) in [6.07, 6.45) is 3.41. The number of oxazole rings is 1. The van der Waals surface area contributed by atoms with Crippen LogP contribution < -0.4 is 0 Å². The number of hydrogen-bond acceptors (Lipinski definition) is 4. The topological polar surface area (TPSA) is 46.3 Å². The van der Waals surface area contributed by atoms with Crippen molar-refractivity contribution in [3.8, 4) is 22.6 Å². The van der Waals surface area contributed by atoms with Gasteiger partial charge in [0, 0.05) is 24.2 Å². The first-order valence-corrected chi connectivity index (χ1v) is 10.7. The van der Waals surface area contributed by atoms with Crippen LogP contribution in [0.15, 0.2) is 70.3 Å². The van der Waals surface area contributed by atoms with Crippen molar-refractivity contribution in [3.05, 3.63) is 60.7 Å². The molecule has 4 rings (SSSR count). The molecule has 28 heavy (non-hydrogen) atoms. The standard InChI is InChI=1S/C23H24N2O2S/c1-17(22(26)25-15-9-4-10-16-25)28-23-24-20(18-11-5-2-6-12-18)21(27-23)19-13-7-3-8-14-19/h2-3,5-8,11-14,17H,4,9-10,15-16H2,1H3/t17-/m1/s1. The SMILES string of the molecule is C[C@@H](Sc1nc(-c2ccccc2)c(-c2ccccc2)o1)C(=O)N1CCCCC1. The Morgan fingerprint density at radius 2 is 1.57 bits per heavy atom. The number of rotatable bonds is 5. The third kappa shape index (κ3) is 4.14. The molecule has 2 aromatic carbocycles.